The molecule has 0 aliphatic carbocycles. The van der Waals surface area contributed by atoms with E-state index in [1.165, 1.54) is 11.9 Å². The minimum Gasteiger partial charge on any atom is -0.369 e. The van der Waals surface area contributed by atoms with Gasteiger partial charge in [-0.2, -0.15) is 0 Å². The summed E-state index contributed by atoms with van der Waals surface area (Å²) in [5.41, 5.74) is 3.74. The van der Waals surface area contributed by atoms with Crippen molar-refractivity contribution in [1.29, 1.82) is 0 Å². The van der Waals surface area contributed by atoms with Gasteiger partial charge >= 0.3 is 0 Å². The summed E-state index contributed by atoms with van der Waals surface area (Å²) >= 11 is 0. The minimum absolute atomic E-state index is 0.208. The van der Waals surface area contributed by atoms with Crippen molar-refractivity contribution in [3.63, 3.8) is 0 Å². The van der Waals surface area contributed by atoms with Crippen LogP contribution >= 0.6 is 0 Å². The molecule has 0 saturated carbocycles. The van der Waals surface area contributed by atoms with E-state index in [1.807, 2.05) is 6.07 Å². The largest absolute Gasteiger partial charge is 0.369 e. The van der Waals surface area contributed by atoms with E-state index < -0.39 is 0 Å². The van der Waals surface area contributed by atoms with Crippen LogP contribution in [0.3, 0.4) is 0 Å². The molecule has 128 valence electrons. The van der Waals surface area contributed by atoms with Crippen LogP contribution in [0.4, 0.5) is 5.69 Å². The molecule has 6 nitrogen and oxygen atoms in total. The molecule has 6 heteroatoms. The van der Waals surface area contributed by atoms with Gasteiger partial charge in [0.15, 0.2) is 5.52 Å². The van der Waals surface area contributed by atoms with E-state index in [0.29, 0.717) is 11.0 Å². The molecule has 3 heterocycles. The predicted octanol–water partition coefficient (Wildman–Crippen LogP) is 2.13. The van der Waals surface area contributed by atoms with E-state index in [2.05, 4.69) is 55.9 Å². The van der Waals surface area contributed by atoms with Crippen LogP contribution in [0.1, 0.15) is 6.92 Å². The topological polar surface area (TPSA) is 65.1 Å². The molecule has 0 bridgehead atoms. The molecule has 1 fully saturated rings. The van der Waals surface area contributed by atoms with E-state index in [-0.39, 0.29) is 5.56 Å². The monoisotopic (exact) mass is 335 g/mol. The van der Waals surface area contributed by atoms with E-state index in [9.17, 15) is 4.79 Å². The number of benzene rings is 1. The smallest absolute Gasteiger partial charge is 0.276 e. The first-order valence-corrected chi connectivity index (χ1v) is 8.66. The van der Waals surface area contributed by atoms with Gasteiger partial charge in [-0.25, -0.2) is 4.98 Å². The maximum Gasteiger partial charge on any atom is 0.276 e. The average molecular weight is 335 g/mol. The average Bonchev–Trinajstić information content (AvgIpc) is 2.68. The van der Waals surface area contributed by atoms with Gasteiger partial charge in [-0.3, -0.25) is 9.78 Å². The fraction of sp³-hybridized carbons (Fsp3) is 0.316. The normalized spacial score (nSPS) is 15.6. The van der Waals surface area contributed by atoms with Crippen LogP contribution in [0.2, 0.25) is 0 Å². The maximum absolute atomic E-state index is 12.2. The molecule has 1 N–H and O–H groups in total. The minimum atomic E-state index is -0.208. The van der Waals surface area contributed by atoms with E-state index >= 15 is 0 Å². The van der Waals surface area contributed by atoms with Crippen LogP contribution in [0.25, 0.3) is 22.3 Å². The van der Waals surface area contributed by atoms with Crippen molar-refractivity contribution in [2.75, 3.05) is 37.6 Å². The highest BCUT2D eigenvalue weighted by molar-refractivity contribution is 5.78. The third-order valence-corrected chi connectivity index (χ3v) is 4.83. The molecule has 0 spiro atoms. The molecule has 1 aliphatic heterocycles. The van der Waals surface area contributed by atoms with Gasteiger partial charge in [0.1, 0.15) is 0 Å². The first kappa shape index (κ1) is 15.8. The fourth-order valence-corrected chi connectivity index (χ4v) is 3.31. The van der Waals surface area contributed by atoms with Crippen molar-refractivity contribution in [1.82, 2.24) is 19.9 Å². The lowest BCUT2D eigenvalue weighted by Crippen LogP contribution is -2.46. The van der Waals surface area contributed by atoms with Gasteiger partial charge in [-0.15, -0.1) is 0 Å². The van der Waals surface area contributed by atoms with E-state index in [0.717, 1.165) is 44.0 Å². The van der Waals surface area contributed by atoms with Crippen LogP contribution in [0.15, 0.2) is 47.5 Å². The molecule has 0 amide bonds. The Hall–Kier alpha value is -2.73. The number of hydrogen-bond donors (Lipinski definition) is 1. The number of hydrogen-bond acceptors (Lipinski definition) is 5. The number of aromatic nitrogens is 3. The highest BCUT2D eigenvalue weighted by atomic mass is 16.1. The second-order valence-electron chi connectivity index (χ2n) is 6.27. The van der Waals surface area contributed by atoms with Crippen LogP contribution < -0.4 is 10.5 Å². The summed E-state index contributed by atoms with van der Waals surface area (Å²) in [5.74, 6) is 0. The number of anilines is 1. The van der Waals surface area contributed by atoms with Gasteiger partial charge in [-0.1, -0.05) is 19.1 Å². The Balaban J connectivity index is 1.59. The van der Waals surface area contributed by atoms with Crippen molar-refractivity contribution in [3.8, 4) is 11.3 Å². The molecule has 1 saturated heterocycles. The lowest BCUT2D eigenvalue weighted by molar-refractivity contribution is 0.271. The number of fused-ring (bicyclic) bond motifs is 1. The second-order valence-corrected chi connectivity index (χ2v) is 6.27. The molecule has 25 heavy (non-hydrogen) atoms. The quantitative estimate of drug-likeness (QED) is 0.794. The zero-order valence-corrected chi connectivity index (χ0v) is 14.3. The zero-order valence-electron chi connectivity index (χ0n) is 14.3. The molecule has 0 radical (unpaired) electrons. The highest BCUT2D eigenvalue weighted by Crippen LogP contribution is 2.23. The Morgan fingerprint density at radius 3 is 2.48 bits per heavy atom. The number of H-pyrrole nitrogens is 1. The number of nitrogens with one attached hydrogen (secondary N) is 1. The first-order valence-electron chi connectivity index (χ1n) is 8.66. The van der Waals surface area contributed by atoms with Gasteiger partial charge in [0.25, 0.3) is 5.56 Å². The molecule has 1 aliphatic rings. The van der Waals surface area contributed by atoms with Gasteiger partial charge < -0.3 is 14.8 Å². The Bertz CT molecular complexity index is 926. The van der Waals surface area contributed by atoms with Crippen LogP contribution in [0, 0.1) is 0 Å². The Morgan fingerprint density at radius 2 is 1.76 bits per heavy atom. The number of rotatable bonds is 3. The fourth-order valence-electron chi connectivity index (χ4n) is 3.31. The summed E-state index contributed by atoms with van der Waals surface area (Å²) in [6, 6.07) is 10.2. The van der Waals surface area contributed by atoms with Crippen LogP contribution in [-0.2, 0) is 0 Å². The number of aromatic amines is 1. The summed E-state index contributed by atoms with van der Waals surface area (Å²) in [6.07, 6.45) is 3.13. The number of piperazine rings is 1. The molecule has 0 unspecified atom stereocenters. The molecular formula is C19H21N5O. The second kappa shape index (κ2) is 6.64. The lowest BCUT2D eigenvalue weighted by atomic mass is 10.1. The molecule has 4 rings (SSSR count). The lowest BCUT2D eigenvalue weighted by Gasteiger charge is -2.35. The molecule has 2 aromatic heterocycles. The van der Waals surface area contributed by atoms with Gasteiger partial charge in [0.2, 0.25) is 0 Å². The zero-order chi connectivity index (χ0) is 17.2. The standard InChI is InChI=1S/C19H21N5O/c1-2-23-9-11-24(12-10-23)15-5-3-14(4-6-15)16-13-17-18(19(25)22-16)21-8-7-20-17/h3-8,13H,2,9-12H2,1H3,(H,22,25). The number of likely N-dealkylation sites (N-methyl/N-ethyl adjacent to an activating group) is 1. The summed E-state index contributed by atoms with van der Waals surface area (Å²) in [5, 5.41) is 0. The number of nitrogens with zero attached hydrogens (tertiary/aromatic N) is 4. The van der Waals surface area contributed by atoms with E-state index in [1.54, 1.807) is 6.20 Å². The number of pyridine rings is 1. The summed E-state index contributed by atoms with van der Waals surface area (Å²) in [4.78, 5) is 28.3. The van der Waals surface area contributed by atoms with Gasteiger partial charge in [-0.05, 0) is 30.3 Å². The molecule has 1 aromatic carbocycles. The van der Waals surface area contributed by atoms with Crippen molar-refractivity contribution in [2.45, 2.75) is 6.92 Å². The van der Waals surface area contributed by atoms with Gasteiger partial charge in [0.05, 0.1) is 11.2 Å². The van der Waals surface area contributed by atoms with Crippen molar-refractivity contribution >= 4 is 16.7 Å². The Morgan fingerprint density at radius 1 is 1.04 bits per heavy atom. The molecular weight excluding hydrogens is 314 g/mol. The van der Waals surface area contributed by atoms with Crippen molar-refractivity contribution in [2.24, 2.45) is 0 Å². The molecule has 0 atom stereocenters. The van der Waals surface area contributed by atoms with Crippen LogP contribution in [0.5, 0.6) is 0 Å². The predicted molar refractivity (Wildman–Crippen MR) is 99.9 cm³/mol. The Labute approximate surface area is 146 Å². The highest BCUT2D eigenvalue weighted by Gasteiger charge is 2.15. The van der Waals surface area contributed by atoms with Crippen molar-refractivity contribution < 1.29 is 0 Å². The summed E-state index contributed by atoms with van der Waals surface area (Å²) in [6.45, 7) is 7.64. The summed E-state index contributed by atoms with van der Waals surface area (Å²) < 4.78 is 0. The Kier molecular flexibility index (Phi) is 4.19. The third-order valence-electron chi connectivity index (χ3n) is 4.83. The summed E-state index contributed by atoms with van der Waals surface area (Å²) in [7, 11) is 0. The van der Waals surface area contributed by atoms with Gasteiger partial charge in [0, 0.05) is 44.3 Å². The SMILES string of the molecule is CCN1CCN(c2ccc(-c3cc4nccnc4c(=O)[nH]3)cc2)CC1. The van der Waals surface area contributed by atoms with Crippen molar-refractivity contribution in [3.05, 3.63) is 53.1 Å². The molecule has 3 aromatic rings. The maximum atomic E-state index is 12.2. The third kappa shape index (κ3) is 3.13. The van der Waals surface area contributed by atoms with Crippen LogP contribution in [-0.4, -0.2) is 52.6 Å². The van der Waals surface area contributed by atoms with E-state index in [4.69, 9.17) is 0 Å². The first-order chi connectivity index (χ1) is 12.2.